The first-order chi connectivity index (χ1) is 14.3. The summed E-state index contributed by atoms with van der Waals surface area (Å²) >= 11 is 0. The predicted octanol–water partition coefficient (Wildman–Crippen LogP) is 4.02. The Morgan fingerprint density at radius 1 is 1.00 bits per heavy atom. The van der Waals surface area contributed by atoms with Gasteiger partial charge in [-0.2, -0.15) is 0 Å². The van der Waals surface area contributed by atoms with Crippen LogP contribution in [0.15, 0.2) is 42.6 Å². The number of nitrogens with one attached hydrogen (secondary N) is 2. The molecule has 0 atom stereocenters. The smallest absolute Gasteiger partial charge is 0.227 e. The highest BCUT2D eigenvalue weighted by molar-refractivity contribution is 5.87. The number of hydrogen-bond acceptors (Lipinski definition) is 6. The third-order valence-corrected chi connectivity index (χ3v) is 6.19. The van der Waals surface area contributed by atoms with Gasteiger partial charge in [0.05, 0.1) is 5.52 Å². The summed E-state index contributed by atoms with van der Waals surface area (Å²) in [6.45, 7) is 4.17. The predicted molar refractivity (Wildman–Crippen MR) is 120 cm³/mol. The van der Waals surface area contributed by atoms with Crippen LogP contribution in [0.25, 0.3) is 10.9 Å². The van der Waals surface area contributed by atoms with Gasteiger partial charge >= 0.3 is 0 Å². The molecule has 150 valence electrons. The molecule has 6 heteroatoms. The molecule has 1 saturated carbocycles. The molecule has 6 nitrogen and oxygen atoms in total. The summed E-state index contributed by atoms with van der Waals surface area (Å²) in [6, 6.07) is 12.5. The van der Waals surface area contributed by atoms with Gasteiger partial charge in [-0.3, -0.25) is 0 Å². The third kappa shape index (κ3) is 3.72. The summed E-state index contributed by atoms with van der Waals surface area (Å²) in [6.07, 6.45) is 6.84. The Balaban J connectivity index is 1.41. The number of nitrogen functional groups attached to an aromatic ring is 1. The number of aromatic nitrogens is 2. The minimum atomic E-state index is 0.514. The van der Waals surface area contributed by atoms with E-state index in [-0.39, 0.29) is 0 Å². The van der Waals surface area contributed by atoms with Crippen molar-refractivity contribution in [3.05, 3.63) is 48.2 Å². The molecule has 0 radical (unpaired) electrons. The summed E-state index contributed by atoms with van der Waals surface area (Å²) in [4.78, 5) is 11.8. The molecule has 1 aromatic heterocycles. The molecule has 1 aliphatic heterocycles. The van der Waals surface area contributed by atoms with Crippen molar-refractivity contribution in [2.24, 2.45) is 0 Å². The van der Waals surface area contributed by atoms with Crippen molar-refractivity contribution in [3.63, 3.8) is 0 Å². The monoisotopic (exact) mass is 388 g/mol. The molecule has 2 heterocycles. The summed E-state index contributed by atoms with van der Waals surface area (Å²) in [5, 5.41) is 7.82. The van der Waals surface area contributed by atoms with Gasteiger partial charge in [0.15, 0.2) is 0 Å². The van der Waals surface area contributed by atoms with Crippen molar-refractivity contribution in [2.45, 2.75) is 31.6 Å². The number of nitrogens with two attached hydrogens (primary N) is 1. The van der Waals surface area contributed by atoms with Gasteiger partial charge in [-0.05, 0) is 55.2 Å². The van der Waals surface area contributed by atoms with E-state index in [2.05, 4.69) is 44.8 Å². The number of fused-ring (bicyclic) bond motifs is 1. The van der Waals surface area contributed by atoms with E-state index < -0.39 is 0 Å². The molecule has 29 heavy (non-hydrogen) atoms. The average molecular weight is 389 g/mol. The second-order valence-corrected chi connectivity index (χ2v) is 8.09. The second-order valence-electron chi connectivity index (χ2n) is 8.09. The van der Waals surface area contributed by atoms with Gasteiger partial charge in [-0.15, -0.1) is 0 Å². The fraction of sp³-hybridized carbons (Fsp3) is 0.391. The number of hydrogen-bond donors (Lipinski definition) is 3. The zero-order valence-corrected chi connectivity index (χ0v) is 16.7. The van der Waals surface area contributed by atoms with Crippen LogP contribution in [-0.2, 0) is 0 Å². The molecule has 0 unspecified atom stereocenters. The first-order valence-corrected chi connectivity index (χ1v) is 10.7. The lowest BCUT2D eigenvalue weighted by molar-refractivity contribution is 0.589. The van der Waals surface area contributed by atoms with Crippen LogP contribution in [0.5, 0.6) is 0 Å². The summed E-state index contributed by atoms with van der Waals surface area (Å²) < 4.78 is 0. The minimum absolute atomic E-state index is 0.514. The van der Waals surface area contributed by atoms with E-state index in [4.69, 9.17) is 10.7 Å². The zero-order valence-electron chi connectivity index (χ0n) is 16.7. The number of nitrogens with zero attached hydrogens (tertiary/aromatic N) is 3. The summed E-state index contributed by atoms with van der Waals surface area (Å²) in [5.41, 5.74) is 11.7. The normalized spacial score (nSPS) is 17.7. The lowest BCUT2D eigenvalue weighted by Crippen LogP contribution is -2.43. The fourth-order valence-electron chi connectivity index (χ4n) is 4.65. The number of anilines is 4. The standard InChI is InChI=1S/C23H28N6/c24-20-10-5-17-15-26-23(28-22(17)21(20)16-3-1-2-4-16)27-18-6-8-19(9-7-18)29-13-11-25-12-14-29/h5-10,15-16,25H,1-4,11-14,24H2,(H,26,27,28). The van der Waals surface area contributed by atoms with Crippen LogP contribution in [0.2, 0.25) is 0 Å². The van der Waals surface area contributed by atoms with Crippen LogP contribution in [0.3, 0.4) is 0 Å². The average Bonchev–Trinajstić information content (AvgIpc) is 3.29. The molecule has 0 bridgehead atoms. The van der Waals surface area contributed by atoms with Crippen LogP contribution in [0, 0.1) is 0 Å². The molecule has 1 aliphatic carbocycles. The maximum atomic E-state index is 6.37. The van der Waals surface area contributed by atoms with Gasteiger partial charge in [-0.1, -0.05) is 12.8 Å². The van der Waals surface area contributed by atoms with E-state index in [1.165, 1.54) is 36.9 Å². The molecule has 2 aromatic carbocycles. The van der Waals surface area contributed by atoms with Crippen molar-refractivity contribution >= 4 is 33.9 Å². The van der Waals surface area contributed by atoms with Crippen LogP contribution in [-0.4, -0.2) is 36.1 Å². The highest BCUT2D eigenvalue weighted by Crippen LogP contribution is 2.40. The Hall–Kier alpha value is -2.86. The maximum absolute atomic E-state index is 6.37. The molecular formula is C23H28N6. The van der Waals surface area contributed by atoms with E-state index in [1.807, 2.05) is 18.3 Å². The van der Waals surface area contributed by atoms with E-state index in [1.54, 1.807) is 0 Å². The lowest BCUT2D eigenvalue weighted by atomic mass is 9.93. The minimum Gasteiger partial charge on any atom is -0.398 e. The van der Waals surface area contributed by atoms with Crippen molar-refractivity contribution in [3.8, 4) is 0 Å². The molecule has 1 saturated heterocycles. The highest BCUT2D eigenvalue weighted by atomic mass is 15.2. The molecule has 3 aromatic rings. The van der Waals surface area contributed by atoms with Crippen molar-refractivity contribution in [1.82, 2.24) is 15.3 Å². The lowest BCUT2D eigenvalue weighted by Gasteiger charge is -2.29. The van der Waals surface area contributed by atoms with Gasteiger partial charge in [-0.25, -0.2) is 9.97 Å². The maximum Gasteiger partial charge on any atom is 0.227 e. The highest BCUT2D eigenvalue weighted by Gasteiger charge is 2.22. The van der Waals surface area contributed by atoms with E-state index in [0.717, 1.165) is 48.5 Å². The van der Waals surface area contributed by atoms with E-state index >= 15 is 0 Å². The third-order valence-electron chi connectivity index (χ3n) is 6.19. The Labute approximate surface area is 171 Å². The van der Waals surface area contributed by atoms with Gasteiger partial charge in [0, 0.05) is 60.4 Å². The zero-order chi connectivity index (χ0) is 19.6. The number of piperazine rings is 1. The van der Waals surface area contributed by atoms with Crippen molar-refractivity contribution in [1.29, 1.82) is 0 Å². The molecule has 2 aliphatic rings. The second kappa shape index (κ2) is 7.87. The van der Waals surface area contributed by atoms with Gasteiger partial charge in [0.2, 0.25) is 5.95 Å². The Morgan fingerprint density at radius 2 is 1.76 bits per heavy atom. The summed E-state index contributed by atoms with van der Waals surface area (Å²) in [7, 11) is 0. The molecule has 0 amide bonds. The number of rotatable bonds is 4. The van der Waals surface area contributed by atoms with E-state index in [0.29, 0.717) is 11.9 Å². The van der Waals surface area contributed by atoms with Crippen molar-refractivity contribution in [2.75, 3.05) is 42.1 Å². The van der Waals surface area contributed by atoms with Gasteiger partial charge in [0.25, 0.3) is 0 Å². The van der Waals surface area contributed by atoms with Gasteiger partial charge in [0.1, 0.15) is 0 Å². The first kappa shape index (κ1) is 18.2. The van der Waals surface area contributed by atoms with Gasteiger partial charge < -0.3 is 21.3 Å². The quantitative estimate of drug-likeness (QED) is 0.586. The number of benzene rings is 2. The molecule has 0 spiro atoms. The SMILES string of the molecule is Nc1ccc2cnc(Nc3ccc(N4CCNCC4)cc3)nc2c1C1CCCC1. The topological polar surface area (TPSA) is 79.1 Å². The molecule has 4 N–H and O–H groups in total. The Kier molecular flexibility index (Phi) is 4.94. The Morgan fingerprint density at radius 3 is 2.52 bits per heavy atom. The van der Waals surface area contributed by atoms with Crippen LogP contribution in [0.4, 0.5) is 23.0 Å². The van der Waals surface area contributed by atoms with Crippen molar-refractivity contribution < 1.29 is 0 Å². The Bertz CT molecular complexity index is 988. The largest absolute Gasteiger partial charge is 0.398 e. The molecule has 5 rings (SSSR count). The van der Waals surface area contributed by atoms with Crippen LogP contribution >= 0.6 is 0 Å². The molecule has 2 fully saturated rings. The van der Waals surface area contributed by atoms with E-state index in [9.17, 15) is 0 Å². The fourth-order valence-corrected chi connectivity index (χ4v) is 4.65. The van der Waals surface area contributed by atoms with Crippen LogP contribution in [0.1, 0.15) is 37.2 Å². The molecular weight excluding hydrogens is 360 g/mol. The first-order valence-electron chi connectivity index (χ1n) is 10.7. The summed E-state index contributed by atoms with van der Waals surface area (Å²) in [5.74, 6) is 1.14. The van der Waals surface area contributed by atoms with Crippen LogP contribution < -0.4 is 21.3 Å².